The van der Waals surface area contributed by atoms with Crippen molar-refractivity contribution in [3.63, 3.8) is 0 Å². The van der Waals surface area contributed by atoms with Gasteiger partial charge in [0, 0.05) is 13.0 Å². The van der Waals surface area contributed by atoms with Crippen molar-refractivity contribution in [2.24, 2.45) is 0 Å². The second kappa shape index (κ2) is 6.30. The topological polar surface area (TPSA) is 46.6 Å². The molecule has 16 heavy (non-hydrogen) atoms. The molecule has 1 saturated heterocycles. The summed E-state index contributed by atoms with van der Waals surface area (Å²) in [5, 5.41) is 0. The fourth-order valence-corrected chi connectivity index (χ4v) is 1.94. The van der Waals surface area contributed by atoms with Crippen molar-refractivity contribution in [3.8, 4) is 0 Å². The molecule has 0 bridgehead atoms. The number of carbonyl (C=O) groups excluding carboxylic acids is 2. The summed E-state index contributed by atoms with van der Waals surface area (Å²) in [6.07, 6.45) is 4.13. The molecule has 0 unspecified atom stereocenters. The van der Waals surface area contributed by atoms with E-state index >= 15 is 0 Å². The van der Waals surface area contributed by atoms with Crippen LogP contribution in [0, 0.1) is 0 Å². The number of carbonyl (C=O) groups is 2. The summed E-state index contributed by atoms with van der Waals surface area (Å²) in [7, 11) is 0. The van der Waals surface area contributed by atoms with E-state index in [4.69, 9.17) is 4.74 Å². The maximum absolute atomic E-state index is 11.8. The Morgan fingerprint density at radius 2 is 2.31 bits per heavy atom. The van der Waals surface area contributed by atoms with Crippen molar-refractivity contribution in [3.05, 3.63) is 12.7 Å². The number of allylic oxidation sites excluding steroid dienone is 1. The lowest BCUT2D eigenvalue weighted by Gasteiger charge is -2.22. The number of rotatable bonds is 5. The third kappa shape index (κ3) is 3.08. The van der Waals surface area contributed by atoms with Gasteiger partial charge in [-0.25, -0.2) is 4.79 Å². The van der Waals surface area contributed by atoms with Gasteiger partial charge in [0.25, 0.3) is 0 Å². The van der Waals surface area contributed by atoms with Gasteiger partial charge in [-0.1, -0.05) is 6.08 Å². The SMILES string of the molecule is C=CCCC(=O)[C@@H]1CCCN1C(=O)OCC. The van der Waals surface area contributed by atoms with Gasteiger partial charge in [0.05, 0.1) is 12.6 Å². The Hall–Kier alpha value is -1.32. The zero-order chi connectivity index (χ0) is 12.0. The minimum Gasteiger partial charge on any atom is -0.450 e. The second-order valence-corrected chi connectivity index (χ2v) is 3.84. The molecule has 0 N–H and O–H groups in total. The molecule has 0 aromatic carbocycles. The summed E-state index contributed by atoms with van der Waals surface area (Å²) < 4.78 is 4.93. The zero-order valence-corrected chi connectivity index (χ0v) is 9.78. The van der Waals surface area contributed by atoms with Crippen LogP contribution < -0.4 is 0 Å². The Kier molecular flexibility index (Phi) is 5.02. The predicted octanol–water partition coefficient (Wildman–Crippen LogP) is 2.14. The summed E-state index contributed by atoms with van der Waals surface area (Å²) in [6, 6.07) is -0.279. The predicted molar refractivity (Wildman–Crippen MR) is 61.2 cm³/mol. The largest absolute Gasteiger partial charge is 0.450 e. The molecule has 0 spiro atoms. The van der Waals surface area contributed by atoms with Crippen molar-refractivity contribution < 1.29 is 14.3 Å². The molecule has 4 heteroatoms. The molecular formula is C12H19NO3. The van der Waals surface area contributed by atoms with Gasteiger partial charge in [-0.2, -0.15) is 0 Å². The van der Waals surface area contributed by atoms with Crippen LogP contribution in [0.4, 0.5) is 4.79 Å². The molecule has 1 heterocycles. The summed E-state index contributed by atoms with van der Waals surface area (Å²) in [5.74, 6) is 0.116. The van der Waals surface area contributed by atoms with Crippen LogP contribution in [0.2, 0.25) is 0 Å². The lowest BCUT2D eigenvalue weighted by Crippen LogP contribution is -2.40. The lowest BCUT2D eigenvalue weighted by atomic mass is 10.1. The molecule has 0 saturated carbocycles. The number of hydrogen-bond acceptors (Lipinski definition) is 3. The maximum atomic E-state index is 11.8. The number of ether oxygens (including phenoxy) is 1. The Balaban J connectivity index is 2.54. The molecule has 90 valence electrons. The third-order valence-corrected chi connectivity index (χ3v) is 2.72. The van der Waals surface area contributed by atoms with Crippen LogP contribution in [-0.2, 0) is 9.53 Å². The van der Waals surface area contributed by atoms with Crippen LogP contribution in [0.25, 0.3) is 0 Å². The second-order valence-electron chi connectivity index (χ2n) is 3.84. The monoisotopic (exact) mass is 225 g/mol. The first-order chi connectivity index (χ1) is 7.70. The van der Waals surface area contributed by atoms with E-state index in [1.807, 2.05) is 0 Å². The average Bonchev–Trinajstić information content (AvgIpc) is 2.75. The molecule has 1 aliphatic rings. The van der Waals surface area contributed by atoms with Crippen molar-refractivity contribution in [1.29, 1.82) is 0 Å². The highest BCUT2D eigenvalue weighted by atomic mass is 16.6. The standard InChI is InChI=1S/C12H19NO3/c1-3-5-8-11(14)10-7-6-9-13(10)12(15)16-4-2/h3,10H,1,4-9H2,2H3/t10-/m0/s1. The number of Topliss-reactive ketones (excluding diaryl/α,β-unsaturated/α-hetero) is 1. The third-order valence-electron chi connectivity index (χ3n) is 2.72. The summed E-state index contributed by atoms with van der Waals surface area (Å²) in [4.78, 5) is 24.9. The number of likely N-dealkylation sites (tertiary alicyclic amines) is 1. The van der Waals surface area contributed by atoms with Crippen LogP contribution in [0.15, 0.2) is 12.7 Å². The number of nitrogens with zero attached hydrogens (tertiary/aromatic N) is 1. The average molecular weight is 225 g/mol. The molecule has 4 nitrogen and oxygen atoms in total. The zero-order valence-electron chi connectivity index (χ0n) is 9.78. The molecule has 0 aliphatic carbocycles. The number of ketones is 1. The highest BCUT2D eigenvalue weighted by Crippen LogP contribution is 2.20. The van der Waals surface area contributed by atoms with Gasteiger partial charge in [-0.05, 0) is 26.2 Å². The molecule has 1 atom stereocenters. The van der Waals surface area contributed by atoms with Crippen LogP contribution >= 0.6 is 0 Å². The van der Waals surface area contributed by atoms with E-state index < -0.39 is 0 Å². The van der Waals surface area contributed by atoms with Gasteiger partial charge in [0.1, 0.15) is 0 Å². The van der Waals surface area contributed by atoms with E-state index in [1.54, 1.807) is 17.9 Å². The Bertz CT molecular complexity index is 275. The molecule has 1 amide bonds. The van der Waals surface area contributed by atoms with E-state index in [-0.39, 0.29) is 17.9 Å². The van der Waals surface area contributed by atoms with Crippen molar-refractivity contribution in [2.75, 3.05) is 13.2 Å². The molecular weight excluding hydrogens is 206 g/mol. The Morgan fingerprint density at radius 3 is 2.94 bits per heavy atom. The lowest BCUT2D eigenvalue weighted by molar-refractivity contribution is -0.122. The smallest absolute Gasteiger partial charge is 0.410 e. The molecule has 1 aliphatic heterocycles. The first-order valence-electron chi connectivity index (χ1n) is 5.77. The molecule has 0 radical (unpaired) electrons. The van der Waals surface area contributed by atoms with Gasteiger partial charge >= 0.3 is 6.09 Å². The van der Waals surface area contributed by atoms with Crippen LogP contribution in [0.3, 0.4) is 0 Å². The normalized spacial score (nSPS) is 19.6. The van der Waals surface area contributed by atoms with Gasteiger partial charge in [0.2, 0.25) is 0 Å². The van der Waals surface area contributed by atoms with Gasteiger partial charge < -0.3 is 4.74 Å². The van der Waals surface area contributed by atoms with E-state index in [0.717, 1.165) is 12.8 Å². The minimum absolute atomic E-state index is 0.116. The van der Waals surface area contributed by atoms with E-state index in [2.05, 4.69) is 6.58 Å². The number of hydrogen-bond donors (Lipinski definition) is 0. The molecule has 0 aromatic heterocycles. The summed E-state index contributed by atoms with van der Waals surface area (Å²) in [5.41, 5.74) is 0. The van der Waals surface area contributed by atoms with Crippen molar-refractivity contribution >= 4 is 11.9 Å². The van der Waals surface area contributed by atoms with Crippen LogP contribution in [0.1, 0.15) is 32.6 Å². The summed E-state index contributed by atoms with van der Waals surface area (Å²) in [6.45, 7) is 6.33. The first kappa shape index (κ1) is 12.7. The molecule has 0 aromatic rings. The molecule has 1 fully saturated rings. The quantitative estimate of drug-likeness (QED) is 0.673. The highest BCUT2D eigenvalue weighted by molar-refractivity contribution is 5.88. The Morgan fingerprint density at radius 1 is 1.56 bits per heavy atom. The van der Waals surface area contributed by atoms with Crippen LogP contribution in [-0.4, -0.2) is 36.0 Å². The Labute approximate surface area is 96.3 Å². The minimum atomic E-state index is -0.364. The van der Waals surface area contributed by atoms with Crippen molar-refractivity contribution in [1.82, 2.24) is 4.90 Å². The molecule has 1 rings (SSSR count). The van der Waals surface area contributed by atoms with Gasteiger partial charge in [-0.15, -0.1) is 6.58 Å². The summed E-state index contributed by atoms with van der Waals surface area (Å²) >= 11 is 0. The van der Waals surface area contributed by atoms with Gasteiger partial charge in [0.15, 0.2) is 5.78 Å². The fraction of sp³-hybridized carbons (Fsp3) is 0.667. The number of amides is 1. The van der Waals surface area contributed by atoms with E-state index in [1.165, 1.54) is 0 Å². The van der Waals surface area contributed by atoms with Gasteiger partial charge in [-0.3, -0.25) is 9.69 Å². The van der Waals surface area contributed by atoms with Crippen molar-refractivity contribution in [2.45, 2.75) is 38.6 Å². The first-order valence-corrected chi connectivity index (χ1v) is 5.77. The highest BCUT2D eigenvalue weighted by Gasteiger charge is 2.33. The van der Waals surface area contributed by atoms with E-state index in [9.17, 15) is 9.59 Å². The maximum Gasteiger partial charge on any atom is 0.410 e. The van der Waals surface area contributed by atoms with Crippen LogP contribution in [0.5, 0.6) is 0 Å². The van der Waals surface area contributed by atoms with E-state index in [0.29, 0.717) is 26.0 Å². The fourth-order valence-electron chi connectivity index (χ4n) is 1.94.